The zero-order valence-electron chi connectivity index (χ0n) is 13.6. The predicted molar refractivity (Wildman–Crippen MR) is 92.4 cm³/mol. The molecule has 1 aliphatic rings. The van der Waals surface area contributed by atoms with E-state index in [0.29, 0.717) is 29.3 Å². The van der Waals surface area contributed by atoms with Crippen LogP contribution in [0.4, 0.5) is 0 Å². The lowest BCUT2D eigenvalue weighted by Crippen LogP contribution is -2.41. The molecule has 24 heavy (non-hydrogen) atoms. The number of carbonyl (C=O) groups excluding carboxylic acids is 1. The summed E-state index contributed by atoms with van der Waals surface area (Å²) >= 11 is 3.20. The molecule has 2 aromatic heterocycles. The number of aryl methyl sites for hydroxylation is 1. The maximum atomic E-state index is 12.3. The molecule has 7 heteroatoms. The van der Waals surface area contributed by atoms with Crippen molar-refractivity contribution in [3.63, 3.8) is 0 Å². The molecule has 0 spiro atoms. The number of nitrogens with zero attached hydrogens (tertiary/aromatic N) is 2. The summed E-state index contributed by atoms with van der Waals surface area (Å²) < 4.78 is 13.4. The Bertz CT molecular complexity index is 803. The van der Waals surface area contributed by atoms with Crippen molar-refractivity contribution in [3.8, 4) is 5.75 Å². The van der Waals surface area contributed by atoms with E-state index >= 15 is 0 Å². The van der Waals surface area contributed by atoms with Gasteiger partial charge in [-0.1, -0.05) is 0 Å². The van der Waals surface area contributed by atoms with Gasteiger partial charge in [0.2, 0.25) is 0 Å². The van der Waals surface area contributed by atoms with Crippen LogP contribution < -0.4 is 10.3 Å². The molecule has 1 saturated heterocycles. The van der Waals surface area contributed by atoms with E-state index in [2.05, 4.69) is 15.9 Å². The Kier molecular flexibility index (Phi) is 4.80. The summed E-state index contributed by atoms with van der Waals surface area (Å²) in [6.45, 7) is 3.08. The van der Waals surface area contributed by atoms with Crippen molar-refractivity contribution in [2.45, 2.75) is 25.9 Å². The van der Waals surface area contributed by atoms with Crippen molar-refractivity contribution in [2.24, 2.45) is 7.05 Å². The predicted octanol–water partition coefficient (Wildman–Crippen LogP) is 2.73. The van der Waals surface area contributed by atoms with Crippen LogP contribution in [0.5, 0.6) is 5.75 Å². The third-order valence-electron chi connectivity index (χ3n) is 4.29. The van der Waals surface area contributed by atoms with Gasteiger partial charge in [0.1, 0.15) is 11.9 Å². The fraction of sp³-hybridized carbons (Fsp3) is 0.412. The first-order valence-electron chi connectivity index (χ1n) is 7.83. The Morgan fingerprint density at radius 2 is 2.00 bits per heavy atom. The van der Waals surface area contributed by atoms with Crippen LogP contribution in [0.3, 0.4) is 0 Å². The van der Waals surface area contributed by atoms with Gasteiger partial charge in [0.05, 0.1) is 0 Å². The highest BCUT2D eigenvalue weighted by atomic mass is 79.9. The molecule has 6 nitrogen and oxygen atoms in total. The second-order valence-electron chi connectivity index (χ2n) is 5.94. The number of rotatable bonds is 3. The fourth-order valence-corrected chi connectivity index (χ4v) is 3.07. The number of hydrogen-bond acceptors (Lipinski definition) is 4. The molecule has 3 heterocycles. The number of hydrogen-bond donors (Lipinski definition) is 0. The van der Waals surface area contributed by atoms with E-state index in [1.807, 2.05) is 13.0 Å². The van der Waals surface area contributed by atoms with Crippen molar-refractivity contribution in [3.05, 3.63) is 50.7 Å². The van der Waals surface area contributed by atoms with Gasteiger partial charge >= 0.3 is 0 Å². The maximum Gasteiger partial charge on any atom is 0.289 e. The van der Waals surface area contributed by atoms with Gasteiger partial charge in [-0.25, -0.2) is 0 Å². The molecular formula is C17H19BrN2O4. The maximum absolute atomic E-state index is 12.3. The van der Waals surface area contributed by atoms with Gasteiger partial charge in [0.15, 0.2) is 10.4 Å². The molecular weight excluding hydrogens is 376 g/mol. The molecule has 1 amide bonds. The molecule has 0 radical (unpaired) electrons. The third-order valence-corrected chi connectivity index (χ3v) is 4.72. The van der Waals surface area contributed by atoms with Gasteiger partial charge in [-0.15, -0.1) is 0 Å². The Labute approximate surface area is 148 Å². The molecule has 3 rings (SSSR count). The Hall–Kier alpha value is -2.02. The van der Waals surface area contributed by atoms with Crippen LogP contribution in [0.15, 0.2) is 38.1 Å². The third kappa shape index (κ3) is 3.56. The zero-order valence-corrected chi connectivity index (χ0v) is 15.2. The largest absolute Gasteiger partial charge is 0.490 e. The molecule has 0 bridgehead atoms. The lowest BCUT2D eigenvalue weighted by molar-refractivity contribution is 0.0565. The number of aromatic nitrogens is 1. The van der Waals surface area contributed by atoms with Crippen LogP contribution in [0.1, 0.15) is 29.1 Å². The standard InChI is InChI=1S/C17H19BrN2O4/c1-11-9-13(10-16(21)19(11)2)23-12-5-7-20(8-6-12)17(22)14-3-4-15(18)24-14/h3-4,9-10,12H,5-8H2,1-2H3. The number of piperidine rings is 1. The first-order valence-corrected chi connectivity index (χ1v) is 8.62. The number of furan rings is 1. The minimum atomic E-state index is -0.108. The van der Waals surface area contributed by atoms with Crippen molar-refractivity contribution in [1.82, 2.24) is 9.47 Å². The summed E-state index contributed by atoms with van der Waals surface area (Å²) in [6, 6.07) is 6.74. The highest BCUT2D eigenvalue weighted by Crippen LogP contribution is 2.21. The molecule has 0 unspecified atom stereocenters. The fourth-order valence-electron chi connectivity index (χ4n) is 2.76. The lowest BCUT2D eigenvalue weighted by Gasteiger charge is -2.31. The second kappa shape index (κ2) is 6.84. The second-order valence-corrected chi connectivity index (χ2v) is 6.72. The van der Waals surface area contributed by atoms with Crippen LogP contribution in [0.2, 0.25) is 0 Å². The summed E-state index contributed by atoms with van der Waals surface area (Å²) in [6.07, 6.45) is 1.45. The monoisotopic (exact) mass is 394 g/mol. The first-order chi connectivity index (χ1) is 11.4. The first kappa shape index (κ1) is 16.8. The van der Waals surface area contributed by atoms with Gasteiger partial charge in [-0.05, 0) is 41.1 Å². The summed E-state index contributed by atoms with van der Waals surface area (Å²) in [5, 5.41) is 0. The normalized spacial score (nSPS) is 15.5. The number of halogens is 1. The van der Waals surface area contributed by atoms with E-state index < -0.39 is 0 Å². The van der Waals surface area contributed by atoms with E-state index in [1.165, 1.54) is 6.07 Å². The van der Waals surface area contributed by atoms with Crippen molar-refractivity contribution >= 4 is 21.8 Å². The van der Waals surface area contributed by atoms with E-state index in [-0.39, 0.29) is 17.6 Å². The summed E-state index contributed by atoms with van der Waals surface area (Å²) in [5.41, 5.74) is 0.773. The molecule has 0 saturated carbocycles. The van der Waals surface area contributed by atoms with Crippen LogP contribution in [0.25, 0.3) is 0 Å². The van der Waals surface area contributed by atoms with Crippen LogP contribution in [-0.2, 0) is 7.05 Å². The Morgan fingerprint density at radius 1 is 1.29 bits per heavy atom. The number of likely N-dealkylation sites (tertiary alicyclic amines) is 1. The van der Waals surface area contributed by atoms with E-state index in [9.17, 15) is 9.59 Å². The Morgan fingerprint density at radius 3 is 2.58 bits per heavy atom. The molecule has 128 valence electrons. The average Bonchev–Trinajstić information content (AvgIpc) is 2.99. The molecule has 0 atom stereocenters. The molecule has 0 aromatic carbocycles. The molecule has 2 aromatic rings. The number of ether oxygens (including phenoxy) is 1. The van der Waals surface area contributed by atoms with Crippen molar-refractivity contribution in [1.29, 1.82) is 0 Å². The summed E-state index contributed by atoms with van der Waals surface area (Å²) in [5.74, 6) is 0.822. The van der Waals surface area contributed by atoms with Crippen LogP contribution in [-0.4, -0.2) is 34.6 Å². The number of carbonyl (C=O) groups is 1. The minimum absolute atomic E-state index is 0.00360. The van der Waals surface area contributed by atoms with Gasteiger partial charge in [0.25, 0.3) is 11.5 Å². The molecule has 0 N–H and O–H groups in total. The minimum Gasteiger partial charge on any atom is -0.490 e. The molecule has 1 fully saturated rings. The quantitative estimate of drug-likeness (QED) is 0.802. The van der Waals surface area contributed by atoms with Crippen molar-refractivity contribution < 1.29 is 13.9 Å². The zero-order chi connectivity index (χ0) is 17.3. The highest BCUT2D eigenvalue weighted by molar-refractivity contribution is 9.10. The average molecular weight is 395 g/mol. The Balaban J connectivity index is 1.59. The smallest absolute Gasteiger partial charge is 0.289 e. The number of amides is 1. The van der Waals surface area contributed by atoms with Crippen LogP contribution >= 0.6 is 15.9 Å². The molecule has 1 aliphatic heterocycles. The topological polar surface area (TPSA) is 64.7 Å². The SMILES string of the molecule is Cc1cc(OC2CCN(C(=O)c3ccc(Br)o3)CC2)cc(=O)n1C. The molecule has 0 aliphatic carbocycles. The van der Waals surface area contributed by atoms with Gasteiger partial charge in [-0.3, -0.25) is 9.59 Å². The van der Waals surface area contributed by atoms with E-state index in [0.717, 1.165) is 18.5 Å². The summed E-state index contributed by atoms with van der Waals surface area (Å²) in [7, 11) is 1.73. The van der Waals surface area contributed by atoms with Crippen LogP contribution in [0, 0.1) is 6.92 Å². The van der Waals surface area contributed by atoms with Gasteiger partial charge in [0, 0.05) is 44.7 Å². The summed E-state index contributed by atoms with van der Waals surface area (Å²) in [4.78, 5) is 25.9. The number of pyridine rings is 1. The van der Waals surface area contributed by atoms with Gasteiger partial charge in [-0.2, -0.15) is 0 Å². The lowest BCUT2D eigenvalue weighted by atomic mass is 10.1. The van der Waals surface area contributed by atoms with Gasteiger partial charge < -0.3 is 18.6 Å². The van der Waals surface area contributed by atoms with Crippen molar-refractivity contribution in [2.75, 3.05) is 13.1 Å². The van der Waals surface area contributed by atoms with E-state index in [4.69, 9.17) is 9.15 Å². The highest BCUT2D eigenvalue weighted by Gasteiger charge is 2.26. The van der Waals surface area contributed by atoms with E-state index in [1.54, 1.807) is 28.6 Å².